The van der Waals surface area contributed by atoms with Gasteiger partial charge in [0.05, 0.1) is 12.1 Å². The molecule has 1 atom stereocenters. The van der Waals surface area contributed by atoms with Crippen molar-refractivity contribution < 1.29 is 24.2 Å². The summed E-state index contributed by atoms with van der Waals surface area (Å²) in [5, 5.41) is 16.2. The van der Waals surface area contributed by atoms with Gasteiger partial charge >= 0.3 is 5.97 Å². The van der Waals surface area contributed by atoms with Crippen LogP contribution in [-0.4, -0.2) is 41.4 Å². The molecular formula is C15H16N4O5. The number of rotatable bonds is 7. The van der Waals surface area contributed by atoms with Crippen LogP contribution in [0.3, 0.4) is 0 Å². The average Bonchev–Trinajstić information content (AvgIpc) is 2.86. The minimum Gasteiger partial charge on any atom is -0.481 e. The number of para-hydroxylation sites is 1. The summed E-state index contributed by atoms with van der Waals surface area (Å²) in [6, 6.07) is 6.66. The fourth-order valence-electron chi connectivity index (χ4n) is 1.99. The fraction of sp³-hybridized carbons (Fsp3) is 0.267. The van der Waals surface area contributed by atoms with Crippen LogP contribution >= 0.6 is 0 Å². The molecule has 0 saturated heterocycles. The minimum atomic E-state index is -1.10. The number of carbonyl (C=O) groups is 3. The number of hydrogen-bond acceptors (Lipinski definition) is 6. The van der Waals surface area contributed by atoms with Gasteiger partial charge in [0.25, 0.3) is 0 Å². The summed E-state index contributed by atoms with van der Waals surface area (Å²) < 4.78 is 5.12. The predicted molar refractivity (Wildman–Crippen MR) is 84.7 cm³/mol. The van der Waals surface area contributed by atoms with Gasteiger partial charge in [0, 0.05) is 17.7 Å². The maximum atomic E-state index is 11.8. The summed E-state index contributed by atoms with van der Waals surface area (Å²) in [6.45, 7) is 1.18. The highest BCUT2D eigenvalue weighted by molar-refractivity contribution is 6.09. The summed E-state index contributed by atoms with van der Waals surface area (Å²) in [4.78, 5) is 33.8. The summed E-state index contributed by atoms with van der Waals surface area (Å²) in [5.74, 6) is -2.12. The predicted octanol–water partition coefficient (Wildman–Crippen LogP) is 0.112. The molecule has 3 N–H and O–H groups in total. The third-order valence-corrected chi connectivity index (χ3v) is 3.22. The van der Waals surface area contributed by atoms with Crippen LogP contribution in [0, 0.1) is 5.92 Å². The normalized spacial score (nSPS) is 16.6. The summed E-state index contributed by atoms with van der Waals surface area (Å²) in [6.07, 6.45) is 1.28. The number of hydrogen-bond donors (Lipinski definition) is 3. The molecule has 0 spiro atoms. The lowest BCUT2D eigenvalue weighted by atomic mass is 10.0. The Kier molecular flexibility index (Phi) is 5.61. The molecule has 1 aliphatic rings. The minimum absolute atomic E-state index is 0.0599. The highest BCUT2D eigenvalue weighted by Crippen LogP contribution is 2.15. The van der Waals surface area contributed by atoms with E-state index >= 15 is 0 Å². The van der Waals surface area contributed by atoms with Crippen molar-refractivity contribution in [2.75, 3.05) is 6.61 Å². The molecule has 0 radical (unpaired) electrons. The van der Waals surface area contributed by atoms with Crippen LogP contribution in [0.4, 0.5) is 0 Å². The maximum absolute atomic E-state index is 11.8. The van der Waals surface area contributed by atoms with Crippen LogP contribution < -0.4 is 15.6 Å². The van der Waals surface area contributed by atoms with Crippen molar-refractivity contribution >= 4 is 29.7 Å². The van der Waals surface area contributed by atoms with Crippen molar-refractivity contribution in [1.82, 2.24) is 10.9 Å². The molecule has 1 aromatic rings. The van der Waals surface area contributed by atoms with Crippen molar-refractivity contribution in [2.45, 2.75) is 13.3 Å². The van der Waals surface area contributed by atoms with Crippen LogP contribution in [0.15, 0.2) is 34.5 Å². The van der Waals surface area contributed by atoms with Gasteiger partial charge in [-0.1, -0.05) is 12.1 Å². The Balaban J connectivity index is 1.92. The second kappa shape index (κ2) is 7.86. The number of carboxylic acids is 1. The Morgan fingerprint density at radius 3 is 2.88 bits per heavy atom. The molecule has 2 amide bonds. The molecule has 0 fully saturated rings. The van der Waals surface area contributed by atoms with Gasteiger partial charge in [0.2, 0.25) is 11.8 Å². The first-order chi connectivity index (χ1) is 11.5. The number of aliphatic carboxylic acids is 1. The molecule has 24 heavy (non-hydrogen) atoms. The van der Waals surface area contributed by atoms with E-state index < -0.39 is 24.4 Å². The molecule has 9 heteroatoms. The molecule has 1 unspecified atom stereocenters. The molecule has 2 rings (SSSR count). The summed E-state index contributed by atoms with van der Waals surface area (Å²) in [5.41, 5.74) is 5.68. The molecular weight excluding hydrogens is 316 g/mol. The number of carboxylic acid groups (broad SMARTS) is 1. The van der Waals surface area contributed by atoms with E-state index in [-0.39, 0.29) is 12.3 Å². The zero-order valence-electron chi connectivity index (χ0n) is 12.9. The molecule has 9 nitrogen and oxygen atoms in total. The molecule has 0 saturated carbocycles. The van der Waals surface area contributed by atoms with Gasteiger partial charge in [0.1, 0.15) is 5.75 Å². The number of nitrogens with one attached hydrogen (secondary N) is 2. The van der Waals surface area contributed by atoms with Crippen molar-refractivity contribution in [2.24, 2.45) is 16.1 Å². The Labute approximate surface area is 137 Å². The third-order valence-electron chi connectivity index (χ3n) is 3.22. The maximum Gasteiger partial charge on any atom is 0.341 e. The zero-order chi connectivity index (χ0) is 17.5. The van der Waals surface area contributed by atoms with Crippen molar-refractivity contribution in [3.8, 4) is 5.75 Å². The van der Waals surface area contributed by atoms with E-state index in [2.05, 4.69) is 21.1 Å². The van der Waals surface area contributed by atoms with E-state index in [0.29, 0.717) is 17.0 Å². The summed E-state index contributed by atoms with van der Waals surface area (Å²) >= 11 is 0. The van der Waals surface area contributed by atoms with Gasteiger partial charge in [-0.3, -0.25) is 9.59 Å². The second-order valence-corrected chi connectivity index (χ2v) is 5.00. The molecule has 1 heterocycles. The number of hydrazone groups is 2. The Bertz CT molecular complexity index is 714. The van der Waals surface area contributed by atoms with Crippen LogP contribution in [0.25, 0.3) is 0 Å². The van der Waals surface area contributed by atoms with Gasteiger partial charge in [-0.2, -0.15) is 10.2 Å². The molecule has 0 aliphatic carbocycles. The lowest BCUT2D eigenvalue weighted by Gasteiger charge is -2.07. The SMILES string of the molecule is CC1=NNC(=O)C1CC(=O)NN=Cc1ccccc1OCC(=O)O. The first kappa shape index (κ1) is 17.1. The van der Waals surface area contributed by atoms with Crippen LogP contribution in [0.2, 0.25) is 0 Å². The number of nitrogens with zero attached hydrogens (tertiary/aromatic N) is 2. The Hall–Kier alpha value is -3.23. The number of carbonyl (C=O) groups excluding carboxylic acids is 2. The quantitative estimate of drug-likeness (QED) is 0.482. The van der Waals surface area contributed by atoms with E-state index in [1.807, 2.05) is 0 Å². The van der Waals surface area contributed by atoms with E-state index in [9.17, 15) is 14.4 Å². The Morgan fingerprint density at radius 2 is 2.21 bits per heavy atom. The molecule has 1 aliphatic heterocycles. The highest BCUT2D eigenvalue weighted by atomic mass is 16.5. The van der Waals surface area contributed by atoms with Gasteiger partial charge in [-0.05, 0) is 19.1 Å². The van der Waals surface area contributed by atoms with E-state index in [1.54, 1.807) is 31.2 Å². The lowest BCUT2D eigenvalue weighted by molar-refractivity contribution is -0.139. The first-order valence-electron chi connectivity index (χ1n) is 7.07. The number of amides is 2. The topological polar surface area (TPSA) is 129 Å². The highest BCUT2D eigenvalue weighted by Gasteiger charge is 2.28. The van der Waals surface area contributed by atoms with Crippen LogP contribution in [0.5, 0.6) is 5.75 Å². The lowest BCUT2D eigenvalue weighted by Crippen LogP contribution is -2.29. The van der Waals surface area contributed by atoms with E-state index in [4.69, 9.17) is 9.84 Å². The van der Waals surface area contributed by atoms with Crippen LogP contribution in [0.1, 0.15) is 18.9 Å². The second-order valence-electron chi connectivity index (χ2n) is 5.00. The summed E-state index contributed by atoms with van der Waals surface area (Å²) in [7, 11) is 0. The average molecular weight is 332 g/mol. The van der Waals surface area contributed by atoms with E-state index in [1.165, 1.54) is 6.21 Å². The number of ether oxygens (including phenoxy) is 1. The largest absolute Gasteiger partial charge is 0.481 e. The third kappa shape index (κ3) is 4.63. The van der Waals surface area contributed by atoms with Crippen molar-refractivity contribution in [1.29, 1.82) is 0 Å². The number of benzene rings is 1. The van der Waals surface area contributed by atoms with Gasteiger partial charge < -0.3 is 9.84 Å². The molecule has 1 aromatic carbocycles. The monoisotopic (exact) mass is 332 g/mol. The van der Waals surface area contributed by atoms with Crippen LogP contribution in [-0.2, 0) is 14.4 Å². The standard InChI is InChI=1S/C15H16N4O5/c1-9-11(15(23)19-17-9)6-13(20)18-16-7-10-4-2-3-5-12(10)24-8-14(21)22/h2-5,7,11H,6,8H2,1H3,(H,18,20)(H,19,23)(H,21,22). The van der Waals surface area contributed by atoms with Crippen molar-refractivity contribution in [3.63, 3.8) is 0 Å². The van der Waals surface area contributed by atoms with E-state index in [0.717, 1.165) is 0 Å². The van der Waals surface area contributed by atoms with Gasteiger partial charge in [-0.25, -0.2) is 15.6 Å². The smallest absolute Gasteiger partial charge is 0.341 e. The van der Waals surface area contributed by atoms with Gasteiger partial charge in [0.15, 0.2) is 6.61 Å². The van der Waals surface area contributed by atoms with Gasteiger partial charge in [-0.15, -0.1) is 0 Å². The zero-order valence-corrected chi connectivity index (χ0v) is 12.9. The first-order valence-corrected chi connectivity index (χ1v) is 7.07. The molecule has 0 bridgehead atoms. The Morgan fingerprint density at radius 1 is 1.46 bits per heavy atom. The molecule has 0 aromatic heterocycles. The molecule has 126 valence electrons. The van der Waals surface area contributed by atoms with Crippen molar-refractivity contribution in [3.05, 3.63) is 29.8 Å². The fourth-order valence-corrected chi connectivity index (χ4v) is 1.99.